The molecule has 1 fully saturated rings. The van der Waals surface area contributed by atoms with Crippen molar-refractivity contribution < 1.29 is 9.18 Å². The molecule has 0 saturated heterocycles. The summed E-state index contributed by atoms with van der Waals surface area (Å²) < 4.78 is 14.7. The van der Waals surface area contributed by atoms with Crippen LogP contribution in [-0.2, 0) is 0 Å². The highest BCUT2D eigenvalue weighted by Gasteiger charge is 2.28. The maximum atomic E-state index is 13.2. The van der Waals surface area contributed by atoms with Crippen LogP contribution in [0.4, 0.5) is 4.39 Å². The summed E-state index contributed by atoms with van der Waals surface area (Å²) >= 11 is 5.36. The monoisotopic (exact) mass is 425 g/mol. The number of amides is 1. The van der Waals surface area contributed by atoms with Gasteiger partial charge in [0.05, 0.1) is 16.6 Å². The number of nitrogens with zero attached hydrogens (tertiary/aromatic N) is 1. The van der Waals surface area contributed by atoms with Crippen LogP contribution in [0.25, 0.3) is 16.6 Å². The molecule has 30 heavy (non-hydrogen) atoms. The third-order valence-corrected chi connectivity index (χ3v) is 6.55. The Balaban J connectivity index is 1.67. The molecule has 0 unspecified atom stereocenters. The molecule has 1 amide bonds. The van der Waals surface area contributed by atoms with Crippen molar-refractivity contribution in [2.45, 2.75) is 39.2 Å². The first kappa shape index (κ1) is 20.5. The molecule has 0 radical (unpaired) electrons. The molecule has 156 valence electrons. The van der Waals surface area contributed by atoms with Gasteiger partial charge in [-0.15, -0.1) is 0 Å². The molecule has 0 bridgehead atoms. The van der Waals surface area contributed by atoms with E-state index in [1.165, 1.54) is 35.3 Å². The van der Waals surface area contributed by atoms with Crippen LogP contribution in [0.15, 0.2) is 47.3 Å². The molecule has 2 aromatic carbocycles. The lowest BCUT2D eigenvalue weighted by atomic mass is 9.78. The van der Waals surface area contributed by atoms with E-state index >= 15 is 0 Å². The molecule has 5 nitrogen and oxygen atoms in total. The second kappa shape index (κ2) is 8.14. The zero-order valence-corrected chi connectivity index (χ0v) is 17.8. The normalized spacial score (nSPS) is 21.5. The molecule has 1 heterocycles. The second-order valence-corrected chi connectivity index (χ2v) is 8.54. The van der Waals surface area contributed by atoms with Crippen molar-refractivity contribution in [1.29, 1.82) is 0 Å². The van der Waals surface area contributed by atoms with Crippen LogP contribution in [-0.4, -0.2) is 21.5 Å². The molecular weight excluding hydrogens is 401 g/mol. The molecule has 1 aliphatic rings. The Labute approximate surface area is 178 Å². The Hall–Kier alpha value is -2.80. The number of nitrogens with one attached hydrogen (secondary N) is 2. The first-order chi connectivity index (χ1) is 14.3. The predicted octanol–water partition coefficient (Wildman–Crippen LogP) is 4.74. The Bertz CT molecular complexity index is 1220. The van der Waals surface area contributed by atoms with Crippen molar-refractivity contribution in [3.05, 3.63) is 69.0 Å². The largest absolute Gasteiger partial charge is 0.349 e. The van der Waals surface area contributed by atoms with E-state index in [0.29, 0.717) is 34.0 Å². The molecule has 7 heteroatoms. The number of aromatic nitrogens is 2. The van der Waals surface area contributed by atoms with Crippen LogP contribution >= 0.6 is 12.2 Å². The highest BCUT2D eigenvalue weighted by molar-refractivity contribution is 7.71. The maximum Gasteiger partial charge on any atom is 0.266 e. The molecule has 4 rings (SSSR count). The van der Waals surface area contributed by atoms with E-state index in [-0.39, 0.29) is 28.1 Å². The van der Waals surface area contributed by atoms with Gasteiger partial charge in [-0.3, -0.25) is 14.2 Å². The van der Waals surface area contributed by atoms with E-state index < -0.39 is 0 Å². The van der Waals surface area contributed by atoms with Crippen molar-refractivity contribution in [2.24, 2.45) is 11.8 Å². The topological polar surface area (TPSA) is 66.9 Å². The number of fused-ring (bicyclic) bond motifs is 1. The van der Waals surface area contributed by atoms with E-state index in [9.17, 15) is 14.0 Å². The lowest BCUT2D eigenvalue weighted by Gasteiger charge is -2.34. The summed E-state index contributed by atoms with van der Waals surface area (Å²) in [5.74, 6) is 0.475. The summed E-state index contributed by atoms with van der Waals surface area (Å²) in [4.78, 5) is 28.9. The minimum atomic E-state index is -0.389. The van der Waals surface area contributed by atoms with Gasteiger partial charge < -0.3 is 10.3 Å². The molecule has 3 aromatic rings. The number of carbonyl (C=O) groups excluding carboxylic acids is 1. The van der Waals surface area contributed by atoms with Crippen molar-refractivity contribution >= 4 is 29.0 Å². The van der Waals surface area contributed by atoms with E-state index in [4.69, 9.17) is 12.2 Å². The van der Waals surface area contributed by atoms with Gasteiger partial charge in [-0.2, -0.15) is 0 Å². The fourth-order valence-electron chi connectivity index (χ4n) is 4.22. The van der Waals surface area contributed by atoms with Crippen molar-refractivity contribution in [1.82, 2.24) is 14.9 Å². The molecule has 0 aliphatic heterocycles. The van der Waals surface area contributed by atoms with Gasteiger partial charge in [0.2, 0.25) is 0 Å². The van der Waals surface area contributed by atoms with Crippen LogP contribution in [0, 0.1) is 22.4 Å². The summed E-state index contributed by atoms with van der Waals surface area (Å²) in [6, 6.07) is 10.7. The van der Waals surface area contributed by atoms with Gasteiger partial charge in [0.15, 0.2) is 4.77 Å². The Morgan fingerprint density at radius 2 is 1.90 bits per heavy atom. The van der Waals surface area contributed by atoms with Gasteiger partial charge in [-0.05, 0) is 72.9 Å². The van der Waals surface area contributed by atoms with Gasteiger partial charge in [-0.1, -0.05) is 26.7 Å². The lowest BCUT2D eigenvalue weighted by Crippen LogP contribution is -2.43. The van der Waals surface area contributed by atoms with Crippen LogP contribution in [0.5, 0.6) is 0 Å². The van der Waals surface area contributed by atoms with Crippen LogP contribution in [0.2, 0.25) is 0 Å². The SMILES string of the molecule is C[C@@H]1[C@H](C)CCC[C@@H]1NC(=O)c1ccc2c(=O)n(-c3ccc(F)cc3)c(=S)[nH]c2c1. The number of carbonyl (C=O) groups is 1. The smallest absolute Gasteiger partial charge is 0.266 e. The van der Waals surface area contributed by atoms with Crippen LogP contribution in [0.3, 0.4) is 0 Å². The second-order valence-electron chi connectivity index (χ2n) is 8.15. The number of halogens is 1. The number of benzene rings is 2. The molecular formula is C23H24FN3O2S. The predicted molar refractivity (Wildman–Crippen MR) is 118 cm³/mol. The summed E-state index contributed by atoms with van der Waals surface area (Å²) in [7, 11) is 0. The summed E-state index contributed by atoms with van der Waals surface area (Å²) in [6.07, 6.45) is 3.29. The summed E-state index contributed by atoms with van der Waals surface area (Å²) in [5.41, 5.74) is 1.15. The van der Waals surface area contributed by atoms with Gasteiger partial charge in [0.25, 0.3) is 11.5 Å². The zero-order chi connectivity index (χ0) is 21.4. The third-order valence-electron chi connectivity index (χ3n) is 6.27. The number of H-pyrrole nitrogens is 1. The zero-order valence-electron chi connectivity index (χ0n) is 16.9. The van der Waals surface area contributed by atoms with E-state index in [0.717, 1.165) is 12.8 Å². The highest BCUT2D eigenvalue weighted by Crippen LogP contribution is 2.29. The summed E-state index contributed by atoms with van der Waals surface area (Å²) in [5, 5.41) is 3.56. The van der Waals surface area contributed by atoms with Crippen molar-refractivity contribution in [3.8, 4) is 5.69 Å². The third kappa shape index (κ3) is 3.81. The Morgan fingerprint density at radius 3 is 2.63 bits per heavy atom. The average Bonchev–Trinajstić information content (AvgIpc) is 2.72. The van der Waals surface area contributed by atoms with Crippen molar-refractivity contribution in [3.63, 3.8) is 0 Å². The molecule has 3 atom stereocenters. The minimum Gasteiger partial charge on any atom is -0.349 e. The maximum absolute atomic E-state index is 13.2. The molecule has 0 spiro atoms. The molecule has 1 aliphatic carbocycles. The fourth-order valence-corrected chi connectivity index (χ4v) is 4.52. The van der Waals surface area contributed by atoms with Gasteiger partial charge in [0, 0.05) is 11.6 Å². The fraction of sp³-hybridized carbons (Fsp3) is 0.348. The van der Waals surface area contributed by atoms with Crippen LogP contribution < -0.4 is 10.9 Å². The first-order valence-electron chi connectivity index (χ1n) is 10.2. The van der Waals surface area contributed by atoms with Crippen molar-refractivity contribution in [2.75, 3.05) is 0 Å². The molecule has 2 N–H and O–H groups in total. The number of rotatable bonds is 3. The number of aromatic amines is 1. The highest BCUT2D eigenvalue weighted by atomic mass is 32.1. The summed E-state index contributed by atoms with van der Waals surface area (Å²) in [6.45, 7) is 4.41. The van der Waals surface area contributed by atoms with Crippen LogP contribution in [0.1, 0.15) is 43.5 Å². The average molecular weight is 426 g/mol. The Morgan fingerprint density at radius 1 is 1.17 bits per heavy atom. The minimum absolute atomic E-state index is 0.148. The standard InChI is InChI=1S/C23H24FN3O2S/c1-13-4-3-5-19(14(13)2)25-21(28)15-6-11-18-20(12-15)26-23(30)27(22(18)29)17-9-7-16(24)8-10-17/h6-14,19H,3-5H2,1-2H3,(H,25,28)(H,26,30)/t13-,14-,19+/m1/s1. The van der Waals surface area contributed by atoms with Gasteiger partial charge >= 0.3 is 0 Å². The van der Waals surface area contributed by atoms with E-state index in [1.807, 2.05) is 0 Å². The first-order valence-corrected chi connectivity index (χ1v) is 10.6. The van der Waals surface area contributed by atoms with Gasteiger partial charge in [0.1, 0.15) is 5.82 Å². The lowest BCUT2D eigenvalue weighted by molar-refractivity contribution is 0.0891. The number of hydrogen-bond acceptors (Lipinski definition) is 3. The van der Waals surface area contributed by atoms with Gasteiger partial charge in [-0.25, -0.2) is 4.39 Å². The number of hydrogen-bond donors (Lipinski definition) is 2. The quantitative estimate of drug-likeness (QED) is 0.596. The van der Waals surface area contributed by atoms with E-state index in [2.05, 4.69) is 24.1 Å². The Kier molecular flexibility index (Phi) is 5.56. The molecule has 1 aromatic heterocycles. The molecule has 1 saturated carbocycles. The van der Waals surface area contributed by atoms with E-state index in [1.54, 1.807) is 18.2 Å².